The van der Waals surface area contributed by atoms with Crippen LogP contribution < -0.4 is 16.2 Å². The number of hydrogen-bond acceptors (Lipinski definition) is 5. The van der Waals surface area contributed by atoms with E-state index < -0.39 is 5.91 Å². The lowest BCUT2D eigenvalue weighted by molar-refractivity contribution is -0.125. The third kappa shape index (κ3) is 3.26. The summed E-state index contributed by atoms with van der Waals surface area (Å²) in [5.74, 6) is 5.56. The molecule has 2 aromatic rings. The number of ether oxygens (including phenoxy) is 1. The van der Waals surface area contributed by atoms with Crippen molar-refractivity contribution in [2.24, 2.45) is 11.1 Å². The molecule has 0 bridgehead atoms. The van der Waals surface area contributed by atoms with E-state index in [1.807, 2.05) is 17.0 Å². The molecule has 2 fully saturated rings. The van der Waals surface area contributed by atoms with Gasteiger partial charge in [0.1, 0.15) is 22.8 Å². The summed E-state index contributed by atoms with van der Waals surface area (Å²) < 4.78 is 6.92. The molecule has 1 aliphatic heterocycles. The number of likely N-dealkylation sites (tertiary alicyclic amines) is 1. The van der Waals surface area contributed by atoms with Crippen molar-refractivity contribution in [3.63, 3.8) is 0 Å². The number of carbonyl (C=O) groups excluding carboxylic acids is 2. The predicted octanol–water partition coefficient (Wildman–Crippen LogP) is 1.82. The number of primary amides is 1. The summed E-state index contributed by atoms with van der Waals surface area (Å²) in [7, 11) is 1.59. The van der Waals surface area contributed by atoms with Crippen LogP contribution in [0.4, 0.5) is 5.82 Å². The van der Waals surface area contributed by atoms with Gasteiger partial charge in [-0.3, -0.25) is 9.59 Å². The average molecular weight is 407 g/mol. The highest BCUT2D eigenvalue weighted by atomic mass is 16.5. The zero-order chi connectivity index (χ0) is 21.5. The van der Waals surface area contributed by atoms with Crippen molar-refractivity contribution in [2.75, 3.05) is 25.9 Å². The van der Waals surface area contributed by atoms with E-state index in [1.54, 1.807) is 30.8 Å². The third-order valence-electron chi connectivity index (χ3n) is 6.20. The van der Waals surface area contributed by atoms with Gasteiger partial charge in [-0.15, -0.1) is 0 Å². The molecule has 1 spiro atoms. The molecule has 30 heavy (non-hydrogen) atoms. The Morgan fingerprint density at radius 1 is 1.27 bits per heavy atom. The number of rotatable bonds is 4. The summed E-state index contributed by atoms with van der Waals surface area (Å²) in [6, 6.07) is 7.33. The quantitative estimate of drug-likeness (QED) is 0.750. The van der Waals surface area contributed by atoms with Gasteiger partial charge < -0.3 is 21.1 Å². The second-order valence-electron chi connectivity index (χ2n) is 8.06. The minimum Gasteiger partial charge on any atom is -0.497 e. The summed E-state index contributed by atoms with van der Waals surface area (Å²) >= 11 is 0. The van der Waals surface area contributed by atoms with Crippen LogP contribution >= 0.6 is 0 Å². The van der Waals surface area contributed by atoms with E-state index in [0.29, 0.717) is 18.0 Å². The van der Waals surface area contributed by atoms with Gasteiger partial charge in [0.25, 0.3) is 11.8 Å². The zero-order valence-corrected chi connectivity index (χ0v) is 17.1. The highest BCUT2D eigenvalue weighted by Gasteiger charge is 2.51. The molecule has 0 atom stereocenters. The number of methoxy groups -OCH3 is 1. The van der Waals surface area contributed by atoms with E-state index in [2.05, 4.69) is 16.9 Å². The van der Waals surface area contributed by atoms with Gasteiger partial charge in [0, 0.05) is 18.7 Å². The number of aromatic nitrogens is 2. The van der Waals surface area contributed by atoms with E-state index in [4.69, 9.17) is 16.2 Å². The second kappa shape index (κ2) is 7.41. The van der Waals surface area contributed by atoms with Crippen LogP contribution in [0.5, 0.6) is 5.75 Å². The minimum atomic E-state index is -0.602. The van der Waals surface area contributed by atoms with E-state index in [-0.39, 0.29) is 28.7 Å². The van der Waals surface area contributed by atoms with Crippen LogP contribution in [-0.4, -0.2) is 46.7 Å². The third-order valence-corrected chi connectivity index (χ3v) is 6.20. The first-order chi connectivity index (χ1) is 14.4. The summed E-state index contributed by atoms with van der Waals surface area (Å²) in [6.07, 6.45) is 2.64. The lowest BCUT2D eigenvalue weighted by Gasteiger charge is -2.45. The highest BCUT2D eigenvalue weighted by molar-refractivity contribution is 6.03. The first-order valence-electron chi connectivity index (χ1n) is 9.91. The van der Waals surface area contributed by atoms with Gasteiger partial charge in [-0.25, -0.2) is 4.68 Å². The Balaban J connectivity index is 1.57. The molecule has 8 heteroatoms. The molecule has 156 valence electrons. The van der Waals surface area contributed by atoms with Gasteiger partial charge in [0.2, 0.25) is 0 Å². The van der Waals surface area contributed by atoms with Crippen molar-refractivity contribution in [1.29, 1.82) is 0 Å². The first kappa shape index (κ1) is 19.8. The minimum absolute atomic E-state index is 0.0707. The molecule has 8 nitrogen and oxygen atoms in total. The van der Waals surface area contributed by atoms with E-state index >= 15 is 0 Å². The van der Waals surface area contributed by atoms with Gasteiger partial charge in [0.05, 0.1) is 13.2 Å². The molecule has 1 aromatic carbocycles. The Bertz CT molecular complexity index is 1050. The normalized spacial score (nSPS) is 22.3. The molecule has 0 radical (unpaired) electrons. The Hall–Kier alpha value is -3.47. The maximum atomic E-state index is 12.1. The summed E-state index contributed by atoms with van der Waals surface area (Å²) in [4.78, 5) is 26.0. The Labute approximate surface area is 175 Å². The first-order valence-corrected chi connectivity index (χ1v) is 9.91. The number of hydrogen-bond donors (Lipinski definition) is 2. The number of anilines is 1. The average Bonchev–Trinajstić information content (AvgIpc) is 3.29. The fourth-order valence-corrected chi connectivity index (χ4v) is 4.66. The molecule has 0 unspecified atom stereocenters. The van der Waals surface area contributed by atoms with Crippen LogP contribution in [0.3, 0.4) is 0 Å². The summed E-state index contributed by atoms with van der Waals surface area (Å²) in [5, 5.41) is 4.66. The number of amides is 2. The van der Waals surface area contributed by atoms with Crippen LogP contribution in [0.1, 0.15) is 42.6 Å². The number of nitrogens with zero attached hydrogens (tertiary/aromatic N) is 3. The van der Waals surface area contributed by atoms with Crippen LogP contribution in [0.25, 0.3) is 11.3 Å². The van der Waals surface area contributed by atoms with Gasteiger partial charge in [-0.2, -0.15) is 5.10 Å². The second-order valence-corrected chi connectivity index (χ2v) is 8.06. The molecule has 4 rings (SSSR count). The maximum Gasteiger partial charge on any atom is 0.298 e. The molecule has 1 aromatic heterocycles. The topological polar surface area (TPSA) is 116 Å². The number of nitrogens with two attached hydrogens (primary N) is 2. The van der Waals surface area contributed by atoms with Crippen LogP contribution in [0.15, 0.2) is 24.3 Å². The fourth-order valence-electron chi connectivity index (χ4n) is 4.66. The maximum absolute atomic E-state index is 12.1. The van der Waals surface area contributed by atoms with Crippen molar-refractivity contribution < 1.29 is 14.3 Å². The molecule has 2 aliphatic rings. The summed E-state index contributed by atoms with van der Waals surface area (Å²) in [6.45, 7) is 3.09. The van der Waals surface area contributed by atoms with Gasteiger partial charge >= 0.3 is 0 Å². The molecule has 2 heterocycles. The van der Waals surface area contributed by atoms with Crippen LogP contribution in [-0.2, 0) is 4.79 Å². The Kier molecular flexibility index (Phi) is 4.90. The molecule has 2 amide bonds. The number of benzene rings is 1. The predicted molar refractivity (Wildman–Crippen MR) is 112 cm³/mol. The van der Waals surface area contributed by atoms with Crippen molar-refractivity contribution in [3.8, 4) is 28.8 Å². The van der Waals surface area contributed by atoms with Crippen molar-refractivity contribution >= 4 is 17.6 Å². The van der Waals surface area contributed by atoms with Gasteiger partial charge in [-0.05, 0) is 61.8 Å². The molecule has 1 saturated carbocycles. The smallest absolute Gasteiger partial charge is 0.298 e. The molecular formula is C22H25N5O3. The largest absolute Gasteiger partial charge is 0.497 e. The van der Waals surface area contributed by atoms with Gasteiger partial charge in [-0.1, -0.05) is 5.92 Å². The number of carbonyl (C=O) groups is 2. The zero-order valence-electron chi connectivity index (χ0n) is 17.1. The summed E-state index contributed by atoms with van der Waals surface area (Å²) in [5.41, 5.74) is 13.5. The lowest BCUT2D eigenvalue weighted by atomic mass is 9.65. The molecule has 1 saturated heterocycles. The monoisotopic (exact) mass is 407 g/mol. The number of nitrogen functional groups attached to an aromatic ring is 1. The van der Waals surface area contributed by atoms with E-state index in [9.17, 15) is 9.59 Å². The molecule has 1 aliphatic carbocycles. The van der Waals surface area contributed by atoms with E-state index in [1.165, 1.54) is 0 Å². The fraction of sp³-hybridized carbons (Fsp3) is 0.409. The molecular weight excluding hydrogens is 382 g/mol. The van der Waals surface area contributed by atoms with Crippen LogP contribution in [0, 0.1) is 17.3 Å². The highest BCUT2D eigenvalue weighted by Crippen LogP contribution is 2.54. The van der Waals surface area contributed by atoms with Gasteiger partial charge in [0.15, 0.2) is 0 Å². The van der Waals surface area contributed by atoms with Crippen molar-refractivity contribution in [2.45, 2.75) is 32.2 Å². The Morgan fingerprint density at radius 2 is 1.97 bits per heavy atom. The van der Waals surface area contributed by atoms with E-state index in [0.717, 1.165) is 31.4 Å². The lowest BCUT2D eigenvalue weighted by Crippen LogP contribution is -2.42. The van der Waals surface area contributed by atoms with Crippen molar-refractivity contribution in [1.82, 2.24) is 14.7 Å². The van der Waals surface area contributed by atoms with Crippen molar-refractivity contribution in [3.05, 3.63) is 29.8 Å². The molecule has 4 N–H and O–H groups in total. The Morgan fingerprint density at radius 3 is 2.57 bits per heavy atom. The SMILES string of the molecule is CC#CC(=O)N1CCC2(CC(n3nc(-c4ccc(OC)cc4)c(C(N)=O)c3N)C2)C1. The standard InChI is InChI=1S/C22H25N5O3/c1-3-4-17(28)26-10-9-22(13-26)11-15(12-22)27-20(23)18(21(24)29)19(25-27)14-5-7-16(30-2)8-6-14/h5-8,15H,9-13,23H2,1-2H3,(H2,24,29). The van der Waals surface area contributed by atoms with Crippen LogP contribution in [0.2, 0.25) is 0 Å².